The standard InChI is InChI=1S/C50H30N4O/c1-3-13-31(14-4-1)47-37-18-7-10-20-40(37)51-50(52-47)32-23-25-34(26-24-32)54-43-29-27-36-35-17-9-12-22-44(35)55-49(36)46(43)39-28-30-42-45(48(39)54)38-19-8-11-21-41(38)53(42)33-15-5-2-6-16-33/h1-30H. The highest BCUT2D eigenvalue weighted by Crippen LogP contribution is 2.45. The SMILES string of the molecule is c1ccc(-c2nc(-c3ccc(-n4c5ccc6c7ccccc7oc6c5c5ccc6c(c7ccccc7n6-c6ccccc6)c54)cc3)nc3ccccc23)cc1. The van der Waals surface area contributed by atoms with Crippen LogP contribution in [0.2, 0.25) is 0 Å². The fraction of sp³-hybridized carbons (Fsp3) is 0. The first-order chi connectivity index (χ1) is 27.3. The summed E-state index contributed by atoms with van der Waals surface area (Å²) in [5, 5.41) is 7.94. The predicted molar refractivity (Wildman–Crippen MR) is 226 cm³/mol. The van der Waals surface area contributed by atoms with Gasteiger partial charge >= 0.3 is 0 Å². The molecule has 0 aliphatic rings. The second-order valence-electron chi connectivity index (χ2n) is 14.1. The first-order valence-corrected chi connectivity index (χ1v) is 18.6. The molecule has 5 nitrogen and oxygen atoms in total. The number of rotatable bonds is 4. The smallest absolute Gasteiger partial charge is 0.160 e. The Balaban J connectivity index is 1.15. The number of benzene rings is 8. The lowest BCUT2D eigenvalue weighted by molar-refractivity contribution is 0.673. The third-order valence-corrected chi connectivity index (χ3v) is 11.1. The van der Waals surface area contributed by atoms with Gasteiger partial charge in [-0.05, 0) is 78.9 Å². The molecule has 55 heavy (non-hydrogen) atoms. The Morgan fingerprint density at radius 3 is 1.84 bits per heavy atom. The van der Waals surface area contributed by atoms with Gasteiger partial charge in [0.05, 0.1) is 38.7 Å². The van der Waals surface area contributed by atoms with Crippen LogP contribution in [0, 0.1) is 0 Å². The maximum Gasteiger partial charge on any atom is 0.160 e. The van der Waals surface area contributed by atoms with Crippen LogP contribution in [0.1, 0.15) is 0 Å². The Bertz CT molecular complexity index is 3470. The second kappa shape index (κ2) is 11.5. The van der Waals surface area contributed by atoms with Gasteiger partial charge in [0.2, 0.25) is 0 Å². The number of para-hydroxylation sites is 4. The lowest BCUT2D eigenvalue weighted by atomic mass is 10.1. The van der Waals surface area contributed by atoms with E-state index in [1.54, 1.807) is 0 Å². The van der Waals surface area contributed by atoms with Crippen molar-refractivity contribution in [3.05, 3.63) is 182 Å². The lowest BCUT2D eigenvalue weighted by Gasteiger charge is -2.12. The molecule has 256 valence electrons. The molecule has 0 atom stereocenters. The summed E-state index contributed by atoms with van der Waals surface area (Å²) in [6.45, 7) is 0. The predicted octanol–water partition coefficient (Wildman–Crippen LogP) is 13.1. The zero-order valence-corrected chi connectivity index (χ0v) is 29.5. The normalized spacial score (nSPS) is 12.0. The van der Waals surface area contributed by atoms with Crippen molar-refractivity contribution < 1.29 is 4.42 Å². The Hall–Kier alpha value is -7.50. The Morgan fingerprint density at radius 1 is 0.382 bits per heavy atom. The average Bonchev–Trinajstić information content (AvgIpc) is 3.91. The summed E-state index contributed by atoms with van der Waals surface area (Å²) in [4.78, 5) is 10.2. The minimum atomic E-state index is 0.698. The van der Waals surface area contributed by atoms with Gasteiger partial charge in [0.1, 0.15) is 11.2 Å². The maximum absolute atomic E-state index is 6.72. The van der Waals surface area contributed by atoms with Gasteiger partial charge in [0.15, 0.2) is 5.82 Å². The fourth-order valence-electron chi connectivity index (χ4n) is 8.73. The number of furan rings is 1. The molecule has 0 N–H and O–H groups in total. The van der Waals surface area contributed by atoms with Crippen molar-refractivity contribution >= 4 is 76.5 Å². The van der Waals surface area contributed by atoms with E-state index in [0.717, 1.165) is 88.4 Å². The van der Waals surface area contributed by atoms with E-state index in [4.69, 9.17) is 14.4 Å². The first-order valence-electron chi connectivity index (χ1n) is 18.6. The van der Waals surface area contributed by atoms with Crippen molar-refractivity contribution in [3.8, 4) is 34.0 Å². The highest BCUT2D eigenvalue weighted by molar-refractivity contribution is 6.31. The molecule has 8 aromatic carbocycles. The molecule has 0 amide bonds. The summed E-state index contributed by atoms with van der Waals surface area (Å²) >= 11 is 0. The van der Waals surface area contributed by atoms with Crippen LogP contribution in [0.25, 0.3) is 110 Å². The summed E-state index contributed by atoms with van der Waals surface area (Å²) in [6, 6.07) is 64.1. The first kappa shape index (κ1) is 30.0. The molecule has 0 unspecified atom stereocenters. The molecule has 0 spiro atoms. The molecule has 12 aromatic rings. The monoisotopic (exact) mass is 702 g/mol. The quantitative estimate of drug-likeness (QED) is 0.183. The van der Waals surface area contributed by atoms with Gasteiger partial charge in [-0.25, -0.2) is 9.97 Å². The van der Waals surface area contributed by atoms with Gasteiger partial charge < -0.3 is 13.6 Å². The number of hydrogen-bond donors (Lipinski definition) is 0. The van der Waals surface area contributed by atoms with E-state index < -0.39 is 0 Å². The van der Waals surface area contributed by atoms with Crippen molar-refractivity contribution in [2.45, 2.75) is 0 Å². The second-order valence-corrected chi connectivity index (χ2v) is 14.1. The molecule has 5 heteroatoms. The van der Waals surface area contributed by atoms with Crippen molar-refractivity contribution in [1.29, 1.82) is 0 Å². The van der Waals surface area contributed by atoms with Crippen LogP contribution in [0.4, 0.5) is 0 Å². The van der Waals surface area contributed by atoms with Crippen LogP contribution in [-0.2, 0) is 0 Å². The Labute approximate surface area is 315 Å². The van der Waals surface area contributed by atoms with Crippen LogP contribution in [0.3, 0.4) is 0 Å². The zero-order chi connectivity index (χ0) is 36.0. The summed E-state index contributed by atoms with van der Waals surface area (Å²) < 4.78 is 11.5. The summed E-state index contributed by atoms with van der Waals surface area (Å²) in [6.07, 6.45) is 0. The molecule has 4 aromatic heterocycles. The number of fused-ring (bicyclic) bond motifs is 12. The number of aromatic nitrogens is 4. The van der Waals surface area contributed by atoms with Gasteiger partial charge in [-0.1, -0.05) is 103 Å². The highest BCUT2D eigenvalue weighted by atomic mass is 16.3. The maximum atomic E-state index is 6.72. The van der Waals surface area contributed by atoms with E-state index in [0.29, 0.717) is 5.82 Å². The summed E-state index contributed by atoms with van der Waals surface area (Å²) in [5.74, 6) is 0.698. The van der Waals surface area contributed by atoms with Gasteiger partial charge in [0, 0.05) is 54.8 Å². The molecular formula is C50H30N4O. The molecule has 12 rings (SSSR count). The lowest BCUT2D eigenvalue weighted by Crippen LogP contribution is -1.97. The third kappa shape index (κ3) is 4.35. The van der Waals surface area contributed by atoms with Crippen molar-refractivity contribution in [2.24, 2.45) is 0 Å². The molecule has 4 heterocycles. The van der Waals surface area contributed by atoms with Crippen LogP contribution in [0.5, 0.6) is 0 Å². The van der Waals surface area contributed by atoms with E-state index >= 15 is 0 Å². The van der Waals surface area contributed by atoms with E-state index in [1.165, 1.54) is 16.3 Å². The van der Waals surface area contributed by atoms with Crippen molar-refractivity contribution in [3.63, 3.8) is 0 Å². The van der Waals surface area contributed by atoms with E-state index in [1.807, 2.05) is 24.3 Å². The summed E-state index contributed by atoms with van der Waals surface area (Å²) in [7, 11) is 0. The molecule has 0 saturated carbocycles. The minimum absolute atomic E-state index is 0.698. The molecule has 0 radical (unpaired) electrons. The van der Waals surface area contributed by atoms with E-state index in [2.05, 4.69) is 167 Å². The Kier molecular flexibility index (Phi) is 6.27. The van der Waals surface area contributed by atoms with Gasteiger partial charge in [-0.15, -0.1) is 0 Å². The van der Waals surface area contributed by atoms with Gasteiger partial charge in [0.25, 0.3) is 0 Å². The minimum Gasteiger partial charge on any atom is -0.455 e. The topological polar surface area (TPSA) is 48.8 Å². The van der Waals surface area contributed by atoms with Crippen LogP contribution in [0.15, 0.2) is 186 Å². The fourth-order valence-corrected chi connectivity index (χ4v) is 8.73. The van der Waals surface area contributed by atoms with Crippen LogP contribution >= 0.6 is 0 Å². The highest BCUT2D eigenvalue weighted by Gasteiger charge is 2.24. The third-order valence-electron chi connectivity index (χ3n) is 11.1. The average molecular weight is 703 g/mol. The van der Waals surface area contributed by atoms with E-state index in [-0.39, 0.29) is 0 Å². The van der Waals surface area contributed by atoms with Crippen LogP contribution < -0.4 is 0 Å². The number of nitrogens with zero attached hydrogens (tertiary/aromatic N) is 4. The largest absolute Gasteiger partial charge is 0.455 e. The molecule has 0 bridgehead atoms. The Morgan fingerprint density at radius 2 is 1.02 bits per heavy atom. The van der Waals surface area contributed by atoms with Crippen molar-refractivity contribution in [2.75, 3.05) is 0 Å². The van der Waals surface area contributed by atoms with Gasteiger partial charge in [-0.3, -0.25) is 0 Å². The zero-order valence-electron chi connectivity index (χ0n) is 29.5. The summed E-state index contributed by atoms with van der Waals surface area (Å²) in [5.41, 5.74) is 12.4. The molecular weight excluding hydrogens is 673 g/mol. The molecule has 0 saturated heterocycles. The van der Waals surface area contributed by atoms with E-state index in [9.17, 15) is 0 Å². The molecule has 0 fully saturated rings. The number of hydrogen-bond acceptors (Lipinski definition) is 3. The van der Waals surface area contributed by atoms with Gasteiger partial charge in [-0.2, -0.15) is 0 Å². The van der Waals surface area contributed by atoms with Crippen molar-refractivity contribution in [1.82, 2.24) is 19.1 Å². The molecule has 0 aliphatic heterocycles. The van der Waals surface area contributed by atoms with Crippen LogP contribution in [-0.4, -0.2) is 19.1 Å². The molecule has 0 aliphatic carbocycles.